The quantitative estimate of drug-likeness (QED) is 0.364. The summed E-state index contributed by atoms with van der Waals surface area (Å²) in [5.41, 5.74) is 2.13. The van der Waals surface area contributed by atoms with Crippen molar-refractivity contribution in [3.8, 4) is 5.19 Å². The van der Waals surface area contributed by atoms with Gasteiger partial charge in [0.1, 0.15) is 11.5 Å². The number of aromatic nitrogens is 3. The number of benzene rings is 1. The summed E-state index contributed by atoms with van der Waals surface area (Å²) in [5, 5.41) is 3.46. The third-order valence-corrected chi connectivity index (χ3v) is 8.46. The molecule has 1 aliphatic carbocycles. The van der Waals surface area contributed by atoms with E-state index >= 15 is 0 Å². The Balaban J connectivity index is 1.02. The van der Waals surface area contributed by atoms with Crippen LogP contribution in [0.25, 0.3) is 0 Å². The molecule has 0 unspecified atom stereocenters. The van der Waals surface area contributed by atoms with Crippen molar-refractivity contribution in [2.24, 2.45) is 5.92 Å². The molecule has 5 rings (SSSR count). The Labute approximate surface area is 230 Å². The van der Waals surface area contributed by atoms with E-state index in [9.17, 15) is 18.0 Å². The molecule has 0 atom stereocenters. The first-order chi connectivity index (χ1) is 18.7. The number of hydrogen-bond acceptors (Lipinski definition) is 6. The predicted molar refractivity (Wildman–Crippen MR) is 143 cm³/mol. The van der Waals surface area contributed by atoms with E-state index in [1.54, 1.807) is 23.2 Å². The Hall–Kier alpha value is -2.92. The number of nitrogens with zero attached hydrogens (tertiary/aromatic N) is 4. The summed E-state index contributed by atoms with van der Waals surface area (Å²) in [6.07, 6.45) is 9.29. The van der Waals surface area contributed by atoms with E-state index in [0.29, 0.717) is 23.4 Å². The van der Waals surface area contributed by atoms with Gasteiger partial charge in [-0.1, -0.05) is 23.5 Å². The SMILES string of the molecule is CC(F)(F)COc1nc2c(s1)CCN(CCC1CCC(NC(=O)c3cn(Cc4cccc(F)c4)cn3)CC1)C2. The van der Waals surface area contributed by atoms with Crippen molar-refractivity contribution in [3.05, 3.63) is 64.4 Å². The highest BCUT2D eigenvalue weighted by atomic mass is 32.1. The third kappa shape index (κ3) is 7.82. The van der Waals surface area contributed by atoms with Crippen LogP contribution in [0.1, 0.15) is 65.7 Å². The van der Waals surface area contributed by atoms with E-state index in [2.05, 4.69) is 20.2 Å². The van der Waals surface area contributed by atoms with E-state index in [0.717, 1.165) is 81.2 Å². The van der Waals surface area contributed by atoms with Crippen LogP contribution in [-0.2, 0) is 19.5 Å². The predicted octanol–water partition coefficient (Wildman–Crippen LogP) is 5.30. The zero-order chi connectivity index (χ0) is 27.4. The molecule has 1 fully saturated rings. The zero-order valence-electron chi connectivity index (χ0n) is 22.0. The fraction of sp³-hybridized carbons (Fsp3) is 0.536. The molecule has 3 heterocycles. The van der Waals surface area contributed by atoms with Crippen molar-refractivity contribution in [2.75, 3.05) is 19.7 Å². The molecule has 1 aliphatic heterocycles. The summed E-state index contributed by atoms with van der Waals surface area (Å²) < 4.78 is 46.6. The van der Waals surface area contributed by atoms with Crippen molar-refractivity contribution >= 4 is 17.2 Å². The maximum Gasteiger partial charge on any atom is 0.278 e. The Bertz CT molecular complexity index is 1270. The molecule has 0 bridgehead atoms. The van der Waals surface area contributed by atoms with Gasteiger partial charge in [-0.15, -0.1) is 0 Å². The second-order valence-corrected chi connectivity index (χ2v) is 11.8. The van der Waals surface area contributed by atoms with Crippen LogP contribution in [0.2, 0.25) is 0 Å². The monoisotopic (exact) mass is 561 g/mol. The highest BCUT2D eigenvalue weighted by Crippen LogP contribution is 2.32. The average Bonchev–Trinajstić information content (AvgIpc) is 3.53. The number of alkyl halides is 2. The average molecular weight is 562 g/mol. The number of rotatable bonds is 10. The van der Waals surface area contributed by atoms with Gasteiger partial charge in [-0.3, -0.25) is 9.69 Å². The maximum atomic E-state index is 13.4. The van der Waals surface area contributed by atoms with E-state index in [1.165, 1.54) is 23.5 Å². The van der Waals surface area contributed by atoms with Crippen LogP contribution in [0, 0.1) is 11.7 Å². The molecule has 1 saturated carbocycles. The number of carbonyl (C=O) groups excluding carboxylic acids is 1. The summed E-state index contributed by atoms with van der Waals surface area (Å²) in [6.45, 7) is 3.30. The van der Waals surface area contributed by atoms with E-state index in [4.69, 9.17) is 4.74 Å². The topological polar surface area (TPSA) is 72.3 Å². The summed E-state index contributed by atoms with van der Waals surface area (Å²) in [6, 6.07) is 6.54. The fourth-order valence-electron chi connectivity index (χ4n) is 5.30. The van der Waals surface area contributed by atoms with E-state index < -0.39 is 12.5 Å². The normalized spacial score (nSPS) is 20.0. The minimum absolute atomic E-state index is 0.142. The Kier molecular flexibility index (Phi) is 8.56. The van der Waals surface area contributed by atoms with Crippen molar-refractivity contribution in [2.45, 2.75) is 70.5 Å². The smallest absolute Gasteiger partial charge is 0.278 e. The molecule has 7 nitrogen and oxygen atoms in total. The summed E-state index contributed by atoms with van der Waals surface area (Å²) in [4.78, 5) is 24.9. The van der Waals surface area contributed by atoms with Crippen LogP contribution < -0.4 is 10.1 Å². The fourth-order valence-corrected chi connectivity index (χ4v) is 6.21. The molecular weight excluding hydrogens is 527 g/mol. The van der Waals surface area contributed by atoms with Gasteiger partial charge in [-0.2, -0.15) is 0 Å². The van der Waals surface area contributed by atoms with Crippen LogP contribution in [0.5, 0.6) is 5.19 Å². The molecule has 2 aromatic heterocycles. The minimum Gasteiger partial charge on any atom is -0.464 e. The van der Waals surface area contributed by atoms with Crippen molar-refractivity contribution in [1.29, 1.82) is 0 Å². The summed E-state index contributed by atoms with van der Waals surface area (Å²) >= 11 is 1.38. The van der Waals surface area contributed by atoms with Gasteiger partial charge >= 0.3 is 0 Å². The molecule has 0 radical (unpaired) electrons. The lowest BCUT2D eigenvalue weighted by Crippen LogP contribution is -2.38. The highest BCUT2D eigenvalue weighted by Gasteiger charge is 2.27. The van der Waals surface area contributed by atoms with E-state index in [1.807, 2.05) is 6.07 Å². The first-order valence-electron chi connectivity index (χ1n) is 13.5. The van der Waals surface area contributed by atoms with Crippen LogP contribution >= 0.6 is 11.3 Å². The molecule has 1 aromatic carbocycles. The number of amides is 1. The maximum absolute atomic E-state index is 13.4. The van der Waals surface area contributed by atoms with Crippen molar-refractivity contribution in [3.63, 3.8) is 0 Å². The van der Waals surface area contributed by atoms with Gasteiger partial charge in [0.15, 0.2) is 6.61 Å². The van der Waals surface area contributed by atoms with Gasteiger partial charge in [-0.25, -0.2) is 23.1 Å². The first-order valence-corrected chi connectivity index (χ1v) is 14.3. The van der Waals surface area contributed by atoms with Gasteiger partial charge in [0.25, 0.3) is 17.0 Å². The molecule has 11 heteroatoms. The standard InChI is InChI=1S/C28H34F3N5O2S/c1-28(30,31)17-38-27-34-23-15-35(12-10-25(23)39-27)11-9-19-5-7-22(8-6-19)33-26(37)24-16-36(18-32-24)14-20-3-2-4-21(29)13-20/h2-4,13,16,18-19,22H,5-12,14-15,17H2,1H3,(H,33,37). The number of nitrogens with one attached hydrogen (secondary N) is 1. The van der Waals surface area contributed by atoms with Crippen molar-refractivity contribution < 1.29 is 22.7 Å². The Morgan fingerprint density at radius 1 is 1.26 bits per heavy atom. The summed E-state index contributed by atoms with van der Waals surface area (Å²) in [5.74, 6) is -2.70. The van der Waals surface area contributed by atoms with Gasteiger partial charge in [-0.05, 0) is 68.7 Å². The molecule has 210 valence electrons. The molecule has 0 saturated heterocycles. The number of hydrogen-bond donors (Lipinski definition) is 1. The lowest BCUT2D eigenvalue weighted by molar-refractivity contribution is -0.0230. The highest BCUT2D eigenvalue weighted by molar-refractivity contribution is 7.13. The second-order valence-electron chi connectivity index (χ2n) is 10.8. The van der Waals surface area contributed by atoms with Crippen LogP contribution in [0.4, 0.5) is 13.2 Å². The first kappa shape index (κ1) is 27.6. The lowest BCUT2D eigenvalue weighted by Gasteiger charge is -2.31. The molecule has 0 spiro atoms. The van der Waals surface area contributed by atoms with Gasteiger partial charge in [0.05, 0.1) is 12.0 Å². The second kappa shape index (κ2) is 12.1. The number of thiazole rings is 1. The molecule has 1 N–H and O–H groups in total. The molecular formula is C28H34F3N5O2S. The number of ether oxygens (including phenoxy) is 1. The van der Waals surface area contributed by atoms with Crippen LogP contribution in [0.3, 0.4) is 0 Å². The van der Waals surface area contributed by atoms with E-state index in [-0.39, 0.29) is 17.8 Å². The number of fused-ring (bicyclic) bond motifs is 1. The molecule has 39 heavy (non-hydrogen) atoms. The largest absolute Gasteiger partial charge is 0.464 e. The Morgan fingerprint density at radius 3 is 2.85 bits per heavy atom. The molecule has 3 aromatic rings. The minimum atomic E-state index is -2.87. The number of carbonyl (C=O) groups is 1. The zero-order valence-corrected chi connectivity index (χ0v) is 22.9. The lowest BCUT2D eigenvalue weighted by atomic mass is 9.84. The van der Waals surface area contributed by atoms with Crippen molar-refractivity contribution in [1.82, 2.24) is 24.8 Å². The number of halogens is 3. The van der Waals surface area contributed by atoms with Gasteiger partial charge in [0.2, 0.25) is 0 Å². The molecule has 1 amide bonds. The summed E-state index contributed by atoms with van der Waals surface area (Å²) in [7, 11) is 0. The van der Waals surface area contributed by atoms with Crippen LogP contribution in [0.15, 0.2) is 36.8 Å². The third-order valence-electron chi connectivity index (χ3n) is 7.39. The van der Waals surface area contributed by atoms with Gasteiger partial charge < -0.3 is 14.6 Å². The Morgan fingerprint density at radius 2 is 2.08 bits per heavy atom. The van der Waals surface area contributed by atoms with Crippen LogP contribution in [-0.4, -0.2) is 57.0 Å². The molecule has 2 aliphatic rings. The number of imidazole rings is 1. The van der Waals surface area contributed by atoms with Gasteiger partial charge in [0, 0.05) is 43.7 Å².